The van der Waals surface area contributed by atoms with Crippen LogP contribution in [0.3, 0.4) is 0 Å². The largest absolute Gasteiger partial charge is 0.489 e. The van der Waals surface area contributed by atoms with Gasteiger partial charge in [-0.05, 0) is 36.8 Å². The number of ether oxygens (including phenoxy) is 1. The van der Waals surface area contributed by atoms with Crippen LogP contribution in [-0.2, 0) is 6.61 Å². The van der Waals surface area contributed by atoms with Crippen molar-refractivity contribution in [1.82, 2.24) is 0 Å². The van der Waals surface area contributed by atoms with Crippen molar-refractivity contribution < 1.29 is 13.5 Å². The Morgan fingerprint density at radius 1 is 1.11 bits per heavy atom. The van der Waals surface area contributed by atoms with E-state index in [1.54, 1.807) is 12.1 Å². The summed E-state index contributed by atoms with van der Waals surface area (Å²) in [6.07, 6.45) is 0. The van der Waals surface area contributed by atoms with Gasteiger partial charge < -0.3 is 10.5 Å². The van der Waals surface area contributed by atoms with Crippen LogP contribution in [0.5, 0.6) is 5.75 Å². The number of rotatable bonds is 4. The molecule has 0 aliphatic carbocycles. The Bertz CT molecular complexity index is 553. The zero-order valence-corrected chi connectivity index (χ0v) is 10.6. The molecule has 0 spiro atoms. The molecule has 19 heavy (non-hydrogen) atoms. The fraction of sp³-hybridized carbons (Fsp3) is 0.200. The molecule has 2 N–H and O–H groups in total. The summed E-state index contributed by atoms with van der Waals surface area (Å²) in [5.41, 5.74) is 7.05. The second-order valence-electron chi connectivity index (χ2n) is 4.38. The van der Waals surface area contributed by atoms with Crippen LogP contribution in [0.1, 0.15) is 24.1 Å². The lowest BCUT2D eigenvalue weighted by molar-refractivity contribution is 0.299. The Kier molecular flexibility index (Phi) is 4.12. The van der Waals surface area contributed by atoms with Gasteiger partial charge in [-0.15, -0.1) is 0 Å². The molecule has 2 nitrogen and oxygen atoms in total. The van der Waals surface area contributed by atoms with E-state index in [1.165, 1.54) is 12.1 Å². The summed E-state index contributed by atoms with van der Waals surface area (Å²) < 4.78 is 31.6. The summed E-state index contributed by atoms with van der Waals surface area (Å²) in [5, 5.41) is 0. The Labute approximate surface area is 110 Å². The van der Waals surface area contributed by atoms with Gasteiger partial charge in [0.2, 0.25) is 0 Å². The highest BCUT2D eigenvalue weighted by molar-refractivity contribution is 5.29. The van der Waals surface area contributed by atoms with Gasteiger partial charge in [0.15, 0.2) is 0 Å². The molecule has 0 radical (unpaired) electrons. The normalized spacial score (nSPS) is 12.2. The van der Waals surface area contributed by atoms with Gasteiger partial charge in [-0.3, -0.25) is 0 Å². The van der Waals surface area contributed by atoms with Crippen LogP contribution in [0.25, 0.3) is 0 Å². The van der Waals surface area contributed by atoms with Crippen molar-refractivity contribution in [3.8, 4) is 5.75 Å². The van der Waals surface area contributed by atoms with Crippen LogP contribution in [0.15, 0.2) is 42.5 Å². The molecular formula is C15H15F2NO. The highest BCUT2D eigenvalue weighted by Crippen LogP contribution is 2.18. The van der Waals surface area contributed by atoms with E-state index < -0.39 is 11.6 Å². The average Bonchev–Trinajstić information content (AvgIpc) is 2.38. The quantitative estimate of drug-likeness (QED) is 0.915. The number of nitrogens with two attached hydrogens (primary N) is 1. The lowest BCUT2D eigenvalue weighted by Crippen LogP contribution is -2.04. The SMILES string of the molecule is C[C@H](N)c1ccc(OCc2ccc(F)cc2F)cc1. The Balaban J connectivity index is 2.02. The topological polar surface area (TPSA) is 35.2 Å². The van der Waals surface area contributed by atoms with Crippen molar-refractivity contribution in [2.24, 2.45) is 5.73 Å². The van der Waals surface area contributed by atoms with Crippen LogP contribution in [0, 0.1) is 11.6 Å². The van der Waals surface area contributed by atoms with Gasteiger partial charge in [0.05, 0.1) is 0 Å². The molecule has 2 aromatic rings. The fourth-order valence-corrected chi connectivity index (χ4v) is 1.67. The van der Waals surface area contributed by atoms with Crippen molar-refractivity contribution in [1.29, 1.82) is 0 Å². The van der Waals surface area contributed by atoms with E-state index in [9.17, 15) is 8.78 Å². The first-order chi connectivity index (χ1) is 9.06. The van der Waals surface area contributed by atoms with Crippen molar-refractivity contribution in [2.45, 2.75) is 19.6 Å². The molecule has 0 amide bonds. The maximum Gasteiger partial charge on any atom is 0.132 e. The number of halogens is 2. The summed E-state index contributed by atoms with van der Waals surface area (Å²) >= 11 is 0. The predicted octanol–water partition coefficient (Wildman–Crippen LogP) is 3.56. The van der Waals surface area contributed by atoms with E-state index in [0.717, 1.165) is 11.6 Å². The predicted molar refractivity (Wildman–Crippen MR) is 69.7 cm³/mol. The third-order valence-electron chi connectivity index (χ3n) is 2.82. The Morgan fingerprint density at radius 3 is 2.37 bits per heavy atom. The van der Waals surface area contributed by atoms with Gasteiger partial charge in [0.25, 0.3) is 0 Å². The summed E-state index contributed by atoms with van der Waals surface area (Å²) in [5.74, 6) is -0.581. The first kappa shape index (κ1) is 13.5. The van der Waals surface area contributed by atoms with Crippen LogP contribution >= 0.6 is 0 Å². The molecule has 0 unspecified atom stereocenters. The van der Waals surface area contributed by atoms with Gasteiger partial charge in [-0.2, -0.15) is 0 Å². The first-order valence-corrected chi connectivity index (χ1v) is 5.98. The monoisotopic (exact) mass is 263 g/mol. The summed E-state index contributed by atoms with van der Waals surface area (Å²) in [4.78, 5) is 0. The van der Waals surface area contributed by atoms with E-state index in [-0.39, 0.29) is 12.6 Å². The standard InChI is InChI=1S/C15H15F2NO/c1-10(18)11-3-6-14(7-4-11)19-9-12-2-5-13(16)8-15(12)17/h2-8,10H,9,18H2,1H3/t10-/m0/s1. The molecule has 0 aliphatic rings. The summed E-state index contributed by atoms with van der Waals surface area (Å²) in [6, 6.07) is 10.7. The maximum atomic E-state index is 13.4. The van der Waals surface area contributed by atoms with Crippen molar-refractivity contribution in [3.63, 3.8) is 0 Å². The van der Waals surface area contributed by atoms with Gasteiger partial charge >= 0.3 is 0 Å². The molecule has 0 aliphatic heterocycles. The Morgan fingerprint density at radius 2 is 1.79 bits per heavy atom. The van der Waals surface area contributed by atoms with Gasteiger partial charge in [-0.1, -0.05) is 12.1 Å². The number of hydrogen-bond donors (Lipinski definition) is 1. The zero-order chi connectivity index (χ0) is 13.8. The van der Waals surface area contributed by atoms with Crippen molar-refractivity contribution >= 4 is 0 Å². The van der Waals surface area contributed by atoms with Gasteiger partial charge in [0.1, 0.15) is 24.0 Å². The van der Waals surface area contributed by atoms with E-state index in [2.05, 4.69) is 0 Å². The molecule has 0 bridgehead atoms. The number of hydrogen-bond acceptors (Lipinski definition) is 2. The molecule has 100 valence electrons. The molecule has 2 aromatic carbocycles. The molecule has 0 fully saturated rings. The highest BCUT2D eigenvalue weighted by atomic mass is 19.1. The molecule has 0 saturated carbocycles. The van der Waals surface area contributed by atoms with Crippen LogP contribution in [0.4, 0.5) is 8.78 Å². The number of benzene rings is 2. The third-order valence-corrected chi connectivity index (χ3v) is 2.82. The van der Waals surface area contributed by atoms with Crippen LogP contribution < -0.4 is 10.5 Å². The van der Waals surface area contributed by atoms with E-state index >= 15 is 0 Å². The van der Waals surface area contributed by atoms with Crippen LogP contribution in [0.2, 0.25) is 0 Å². The maximum absolute atomic E-state index is 13.4. The average molecular weight is 263 g/mol. The second-order valence-corrected chi connectivity index (χ2v) is 4.38. The molecule has 4 heteroatoms. The lowest BCUT2D eigenvalue weighted by Gasteiger charge is -2.09. The third kappa shape index (κ3) is 3.51. The summed E-state index contributed by atoms with van der Waals surface area (Å²) in [7, 11) is 0. The molecule has 2 rings (SSSR count). The first-order valence-electron chi connectivity index (χ1n) is 5.98. The second kappa shape index (κ2) is 5.80. The van der Waals surface area contributed by atoms with E-state index in [0.29, 0.717) is 11.3 Å². The van der Waals surface area contributed by atoms with Gasteiger partial charge in [0, 0.05) is 17.7 Å². The molecule has 0 aromatic heterocycles. The van der Waals surface area contributed by atoms with Gasteiger partial charge in [-0.25, -0.2) is 8.78 Å². The molecule has 1 atom stereocenters. The summed E-state index contributed by atoms with van der Waals surface area (Å²) in [6.45, 7) is 1.95. The minimum absolute atomic E-state index is 0.0383. The van der Waals surface area contributed by atoms with Crippen LogP contribution in [-0.4, -0.2) is 0 Å². The van der Waals surface area contributed by atoms with Crippen molar-refractivity contribution in [3.05, 3.63) is 65.2 Å². The fourth-order valence-electron chi connectivity index (χ4n) is 1.67. The van der Waals surface area contributed by atoms with Crippen molar-refractivity contribution in [2.75, 3.05) is 0 Å². The Hall–Kier alpha value is -1.94. The molecular weight excluding hydrogens is 248 g/mol. The minimum atomic E-state index is -0.604. The zero-order valence-electron chi connectivity index (χ0n) is 10.6. The molecule has 0 heterocycles. The molecule has 0 saturated heterocycles. The smallest absolute Gasteiger partial charge is 0.132 e. The lowest BCUT2D eigenvalue weighted by atomic mass is 10.1. The minimum Gasteiger partial charge on any atom is -0.489 e. The van der Waals surface area contributed by atoms with E-state index in [4.69, 9.17) is 10.5 Å². The van der Waals surface area contributed by atoms with E-state index in [1.807, 2.05) is 19.1 Å². The highest BCUT2D eigenvalue weighted by Gasteiger charge is 2.05.